The number of hydrogen-bond acceptors (Lipinski definition) is 5. The van der Waals surface area contributed by atoms with Crippen molar-refractivity contribution in [3.63, 3.8) is 0 Å². The summed E-state index contributed by atoms with van der Waals surface area (Å²) in [7, 11) is -1.50. The van der Waals surface area contributed by atoms with Crippen LogP contribution in [0.4, 0.5) is 11.4 Å². The van der Waals surface area contributed by atoms with Crippen molar-refractivity contribution in [2.24, 2.45) is 0 Å². The van der Waals surface area contributed by atoms with Crippen molar-refractivity contribution in [3.05, 3.63) is 66.7 Å². The van der Waals surface area contributed by atoms with Crippen molar-refractivity contribution in [2.75, 3.05) is 43.3 Å². The second-order valence-electron chi connectivity index (χ2n) is 7.24. The molecule has 6 nitrogen and oxygen atoms in total. The van der Waals surface area contributed by atoms with Gasteiger partial charge in [-0.3, -0.25) is 4.72 Å². The van der Waals surface area contributed by atoms with Gasteiger partial charge in [0.2, 0.25) is 10.0 Å². The smallest absolute Gasteiger partial charge is 0.241 e. The Morgan fingerprint density at radius 1 is 1.24 bits per heavy atom. The summed E-state index contributed by atoms with van der Waals surface area (Å²) in [6.45, 7) is 6.57. The van der Waals surface area contributed by atoms with E-state index in [4.69, 9.17) is 4.74 Å². The molecular weight excluding hydrogens is 386 g/mol. The molecule has 2 N–H and O–H groups in total. The van der Waals surface area contributed by atoms with Crippen LogP contribution in [0.15, 0.2) is 61.2 Å². The van der Waals surface area contributed by atoms with Crippen LogP contribution >= 0.6 is 0 Å². The number of fused-ring (bicyclic) bond motifs is 1. The number of likely N-dealkylation sites (N-methyl/N-ethyl adjacent to an activating group) is 1. The Bertz CT molecular complexity index is 916. The number of benzene rings is 2. The number of hydrogen-bond donors (Lipinski definition) is 2. The fourth-order valence-corrected chi connectivity index (χ4v) is 4.81. The number of nitrogens with one attached hydrogen (secondary N) is 2. The van der Waals surface area contributed by atoms with E-state index in [1.54, 1.807) is 24.3 Å². The third-order valence-corrected chi connectivity index (χ3v) is 6.59. The van der Waals surface area contributed by atoms with Gasteiger partial charge in [0.1, 0.15) is 11.0 Å². The summed E-state index contributed by atoms with van der Waals surface area (Å²) in [5.74, 6) is 0.701. The Kier molecular flexibility index (Phi) is 7.17. The molecule has 0 bridgehead atoms. The van der Waals surface area contributed by atoms with Gasteiger partial charge in [-0.25, -0.2) is 8.42 Å². The van der Waals surface area contributed by atoms with Crippen molar-refractivity contribution in [3.8, 4) is 5.75 Å². The zero-order valence-corrected chi connectivity index (χ0v) is 17.6. The molecule has 29 heavy (non-hydrogen) atoms. The molecule has 2 aromatic rings. The van der Waals surface area contributed by atoms with E-state index >= 15 is 0 Å². The summed E-state index contributed by atoms with van der Waals surface area (Å²) in [4.78, 5) is 2.21. The second kappa shape index (κ2) is 9.80. The predicted molar refractivity (Wildman–Crippen MR) is 119 cm³/mol. The molecule has 0 fully saturated rings. The monoisotopic (exact) mass is 415 g/mol. The van der Waals surface area contributed by atoms with Crippen molar-refractivity contribution >= 4 is 21.4 Å². The van der Waals surface area contributed by atoms with Gasteiger partial charge in [0, 0.05) is 30.0 Å². The van der Waals surface area contributed by atoms with Crippen LogP contribution in [-0.4, -0.2) is 46.6 Å². The van der Waals surface area contributed by atoms with Gasteiger partial charge >= 0.3 is 0 Å². The fraction of sp³-hybridized carbons (Fsp3) is 0.364. The minimum absolute atomic E-state index is 0.344. The van der Waals surface area contributed by atoms with Crippen LogP contribution in [0.3, 0.4) is 0 Å². The van der Waals surface area contributed by atoms with E-state index in [2.05, 4.69) is 28.6 Å². The first-order valence-corrected chi connectivity index (χ1v) is 11.4. The molecule has 0 amide bonds. The van der Waals surface area contributed by atoms with Gasteiger partial charge in [0.25, 0.3) is 0 Å². The molecule has 1 aliphatic rings. The van der Waals surface area contributed by atoms with E-state index in [1.165, 1.54) is 0 Å². The Hall–Kier alpha value is -2.51. The van der Waals surface area contributed by atoms with Gasteiger partial charge in [0.05, 0.1) is 6.61 Å². The van der Waals surface area contributed by atoms with E-state index in [0.717, 1.165) is 37.2 Å². The van der Waals surface area contributed by atoms with E-state index in [1.807, 2.05) is 30.3 Å². The molecule has 7 heteroatoms. The maximum absolute atomic E-state index is 12.9. The summed E-state index contributed by atoms with van der Waals surface area (Å²) in [6.07, 6.45) is 3.87. The summed E-state index contributed by atoms with van der Waals surface area (Å²) in [6, 6.07) is 14.6. The van der Waals surface area contributed by atoms with E-state index in [9.17, 15) is 8.42 Å². The van der Waals surface area contributed by atoms with Gasteiger partial charge < -0.3 is 15.0 Å². The first kappa shape index (κ1) is 21.2. The summed E-state index contributed by atoms with van der Waals surface area (Å²) >= 11 is 0. The van der Waals surface area contributed by atoms with Crippen molar-refractivity contribution in [1.29, 1.82) is 0 Å². The lowest BCUT2D eigenvalue weighted by Crippen LogP contribution is -2.22. The molecule has 0 spiro atoms. The third-order valence-electron chi connectivity index (χ3n) is 4.90. The zero-order valence-electron chi connectivity index (χ0n) is 16.8. The highest BCUT2D eigenvalue weighted by Gasteiger charge is 2.34. The predicted octanol–water partition coefficient (Wildman–Crippen LogP) is 3.87. The Morgan fingerprint density at radius 2 is 2.03 bits per heavy atom. The Balaban J connectivity index is 1.59. The molecule has 1 unspecified atom stereocenters. The fourth-order valence-electron chi connectivity index (χ4n) is 3.37. The summed E-state index contributed by atoms with van der Waals surface area (Å²) < 4.78 is 34.3. The molecular formula is C22H29N3O3S. The maximum atomic E-state index is 12.9. The first-order valence-electron chi connectivity index (χ1n) is 9.86. The van der Waals surface area contributed by atoms with Crippen molar-refractivity contribution < 1.29 is 13.2 Å². The lowest BCUT2D eigenvalue weighted by molar-refractivity contribution is 0.287. The molecule has 1 atom stereocenters. The normalized spacial score (nSPS) is 15.6. The van der Waals surface area contributed by atoms with Crippen LogP contribution in [0.25, 0.3) is 0 Å². The zero-order chi connectivity index (χ0) is 20.7. The number of ether oxygens (including phenoxy) is 1. The molecule has 1 aliphatic heterocycles. The summed E-state index contributed by atoms with van der Waals surface area (Å²) in [5.41, 5.74) is 2.15. The van der Waals surface area contributed by atoms with Crippen LogP contribution in [0.2, 0.25) is 0 Å². The number of sulfonamides is 1. The molecule has 156 valence electrons. The van der Waals surface area contributed by atoms with Crippen LogP contribution in [-0.2, 0) is 10.0 Å². The van der Waals surface area contributed by atoms with Crippen LogP contribution in [0, 0.1) is 0 Å². The van der Waals surface area contributed by atoms with E-state index in [-0.39, 0.29) is 0 Å². The van der Waals surface area contributed by atoms with Gasteiger partial charge in [0.15, 0.2) is 0 Å². The standard InChI is InChI=1S/C22H29N3O3S/c1-3-13-25(2)14-7-8-15-28-19-11-12-21-20(16-19)22(17-23-21)29(26,27)24-18-9-5-4-6-10-18/h3-6,9-12,16,22-24H,1,7-8,13-15,17H2,2H3. The quantitative estimate of drug-likeness (QED) is 0.431. The van der Waals surface area contributed by atoms with E-state index < -0.39 is 15.3 Å². The van der Waals surface area contributed by atoms with Gasteiger partial charge in [-0.1, -0.05) is 24.3 Å². The number of nitrogens with zero attached hydrogens (tertiary/aromatic N) is 1. The number of rotatable bonds is 11. The molecule has 3 rings (SSSR count). The molecule has 0 aromatic heterocycles. The highest BCUT2D eigenvalue weighted by molar-refractivity contribution is 7.93. The molecule has 2 aromatic carbocycles. The topological polar surface area (TPSA) is 70.7 Å². The van der Waals surface area contributed by atoms with Crippen molar-refractivity contribution in [2.45, 2.75) is 18.1 Å². The molecule has 0 radical (unpaired) electrons. The minimum atomic E-state index is -3.57. The molecule has 0 aliphatic carbocycles. The maximum Gasteiger partial charge on any atom is 0.241 e. The highest BCUT2D eigenvalue weighted by Crippen LogP contribution is 2.38. The third kappa shape index (κ3) is 5.74. The van der Waals surface area contributed by atoms with Gasteiger partial charge in [-0.15, -0.1) is 6.58 Å². The average molecular weight is 416 g/mol. The van der Waals surface area contributed by atoms with Gasteiger partial charge in [-0.2, -0.15) is 0 Å². The SMILES string of the molecule is C=CCN(C)CCCCOc1ccc2c(c1)C(S(=O)(=O)Nc1ccccc1)CN2. The molecule has 0 saturated carbocycles. The molecule has 0 saturated heterocycles. The Morgan fingerprint density at radius 3 is 2.79 bits per heavy atom. The lowest BCUT2D eigenvalue weighted by Gasteiger charge is -2.15. The number of unbranched alkanes of at least 4 members (excludes halogenated alkanes) is 1. The average Bonchev–Trinajstić information content (AvgIpc) is 3.12. The van der Waals surface area contributed by atoms with Crippen molar-refractivity contribution in [1.82, 2.24) is 4.90 Å². The van der Waals surface area contributed by atoms with E-state index in [0.29, 0.717) is 24.6 Å². The Labute approximate surface area is 173 Å². The number of para-hydroxylation sites is 1. The first-order chi connectivity index (χ1) is 14.0. The van der Waals surface area contributed by atoms with Crippen LogP contribution in [0.5, 0.6) is 5.75 Å². The highest BCUT2D eigenvalue weighted by atomic mass is 32.2. The summed E-state index contributed by atoms with van der Waals surface area (Å²) in [5, 5.41) is 2.52. The van der Waals surface area contributed by atoms with Crippen LogP contribution in [0.1, 0.15) is 23.7 Å². The minimum Gasteiger partial charge on any atom is -0.494 e. The molecule has 1 heterocycles. The second-order valence-corrected chi connectivity index (χ2v) is 9.10. The van der Waals surface area contributed by atoms with Crippen LogP contribution < -0.4 is 14.8 Å². The lowest BCUT2D eigenvalue weighted by atomic mass is 10.1. The largest absolute Gasteiger partial charge is 0.494 e. The van der Waals surface area contributed by atoms with Gasteiger partial charge in [-0.05, 0) is 56.8 Å². The number of anilines is 2.